The van der Waals surface area contributed by atoms with Crippen LogP contribution in [0.3, 0.4) is 0 Å². The van der Waals surface area contributed by atoms with E-state index in [1.807, 2.05) is 30.3 Å². The van der Waals surface area contributed by atoms with Crippen LogP contribution >= 0.6 is 11.6 Å². The molecule has 7 nitrogen and oxygen atoms in total. The Bertz CT molecular complexity index is 1330. The first-order chi connectivity index (χ1) is 15.0. The van der Waals surface area contributed by atoms with E-state index in [0.717, 1.165) is 18.4 Å². The second-order valence-corrected chi connectivity index (χ2v) is 8.02. The Balaban J connectivity index is 1.46. The number of hydrogen-bond donors (Lipinski definition) is 3. The summed E-state index contributed by atoms with van der Waals surface area (Å²) < 4.78 is 0. The molecule has 0 unspecified atom stereocenters. The highest BCUT2D eigenvalue weighted by Gasteiger charge is 2.51. The second-order valence-electron chi connectivity index (χ2n) is 7.61. The van der Waals surface area contributed by atoms with E-state index in [0.29, 0.717) is 22.3 Å². The van der Waals surface area contributed by atoms with Crippen molar-refractivity contribution >= 4 is 45.8 Å². The highest BCUT2D eigenvalue weighted by Crippen LogP contribution is 2.49. The zero-order chi connectivity index (χ0) is 21.6. The number of carbonyl (C=O) groups excluding carboxylic acids is 2. The van der Waals surface area contributed by atoms with Gasteiger partial charge in [0.2, 0.25) is 5.91 Å². The molecule has 1 saturated carbocycles. The second kappa shape index (κ2) is 7.21. The van der Waals surface area contributed by atoms with Crippen LogP contribution in [0.2, 0.25) is 5.02 Å². The van der Waals surface area contributed by atoms with Crippen LogP contribution < -0.4 is 11.1 Å². The Kier molecular flexibility index (Phi) is 4.48. The third kappa shape index (κ3) is 3.23. The Labute approximate surface area is 182 Å². The lowest BCUT2D eigenvalue weighted by molar-refractivity contribution is -0.118. The smallest absolute Gasteiger partial charge is 0.235 e. The van der Waals surface area contributed by atoms with Crippen LogP contribution in [0.25, 0.3) is 11.0 Å². The van der Waals surface area contributed by atoms with Gasteiger partial charge < -0.3 is 16.0 Å². The summed E-state index contributed by atoms with van der Waals surface area (Å²) in [5.41, 5.74) is 7.97. The number of nitrogens with zero attached hydrogens (tertiary/aromatic N) is 2. The van der Waals surface area contributed by atoms with Crippen LogP contribution in [0.15, 0.2) is 61.1 Å². The van der Waals surface area contributed by atoms with Crippen molar-refractivity contribution in [3.63, 3.8) is 0 Å². The lowest BCUT2D eigenvalue weighted by Crippen LogP contribution is -2.27. The molecule has 8 heteroatoms. The van der Waals surface area contributed by atoms with Crippen molar-refractivity contribution in [1.29, 1.82) is 0 Å². The van der Waals surface area contributed by atoms with Crippen LogP contribution in [0, 0.1) is 0 Å². The third-order valence-electron chi connectivity index (χ3n) is 5.72. The van der Waals surface area contributed by atoms with Crippen LogP contribution in [-0.4, -0.2) is 26.6 Å². The van der Waals surface area contributed by atoms with Crippen molar-refractivity contribution in [2.24, 2.45) is 0 Å². The fourth-order valence-electron chi connectivity index (χ4n) is 3.87. The molecule has 0 aliphatic heterocycles. The summed E-state index contributed by atoms with van der Waals surface area (Å²) >= 11 is 6.33. The monoisotopic (exact) mass is 431 g/mol. The number of hydrogen-bond acceptors (Lipinski definition) is 5. The van der Waals surface area contributed by atoms with E-state index >= 15 is 0 Å². The molecule has 1 aliphatic carbocycles. The summed E-state index contributed by atoms with van der Waals surface area (Å²) in [6.07, 6.45) is 4.44. The van der Waals surface area contributed by atoms with E-state index in [2.05, 4.69) is 20.3 Å². The molecule has 1 aliphatic rings. The lowest BCUT2D eigenvalue weighted by Gasteiger charge is -2.16. The molecule has 1 fully saturated rings. The fourth-order valence-corrected chi connectivity index (χ4v) is 4.07. The molecular weight excluding hydrogens is 414 g/mol. The van der Waals surface area contributed by atoms with Crippen molar-refractivity contribution in [2.75, 3.05) is 11.1 Å². The maximum atomic E-state index is 13.2. The van der Waals surface area contributed by atoms with Gasteiger partial charge in [0.1, 0.15) is 17.8 Å². The number of anilines is 2. The first-order valence-corrected chi connectivity index (χ1v) is 10.2. The Morgan fingerprint density at radius 3 is 2.58 bits per heavy atom. The number of nitrogens with two attached hydrogens (primary N) is 1. The van der Waals surface area contributed by atoms with Crippen molar-refractivity contribution in [3.8, 4) is 0 Å². The van der Waals surface area contributed by atoms with E-state index in [-0.39, 0.29) is 28.1 Å². The number of aromatic nitrogens is 3. The number of benzene rings is 2. The number of halogens is 1. The molecule has 2 aromatic carbocycles. The van der Waals surface area contributed by atoms with E-state index < -0.39 is 5.41 Å². The maximum absolute atomic E-state index is 13.2. The Hall–Kier alpha value is -3.71. The largest absolute Gasteiger partial charge is 0.383 e. The summed E-state index contributed by atoms with van der Waals surface area (Å²) in [4.78, 5) is 37.3. The molecule has 0 bridgehead atoms. The topological polar surface area (TPSA) is 114 Å². The van der Waals surface area contributed by atoms with Gasteiger partial charge in [-0.1, -0.05) is 41.9 Å². The fraction of sp³-hybridized carbons (Fsp3) is 0.130. The normalized spacial score (nSPS) is 14.4. The van der Waals surface area contributed by atoms with Crippen molar-refractivity contribution in [3.05, 3.63) is 82.8 Å². The molecule has 154 valence electrons. The summed E-state index contributed by atoms with van der Waals surface area (Å²) in [5, 5.41) is 3.67. The van der Waals surface area contributed by atoms with E-state index in [1.165, 1.54) is 12.5 Å². The number of aromatic amines is 1. The van der Waals surface area contributed by atoms with Gasteiger partial charge in [0.15, 0.2) is 5.78 Å². The standard InChI is InChI=1S/C23H18ClN5O2/c24-17-7-6-14(29-22(31)23(8-9-23)13-4-2-1-3-5-13)10-15(17)19(30)16-11-26-21-18(16)20(25)27-12-28-21/h1-7,10-12H,8-9H2,(H,29,31)(H3,25,26,27,28). The highest BCUT2D eigenvalue weighted by molar-refractivity contribution is 6.36. The predicted octanol–water partition coefficient (Wildman–Crippen LogP) is 4.09. The van der Waals surface area contributed by atoms with E-state index in [1.54, 1.807) is 18.2 Å². The van der Waals surface area contributed by atoms with Gasteiger partial charge in [-0.15, -0.1) is 0 Å². The first-order valence-electron chi connectivity index (χ1n) is 9.78. The first kappa shape index (κ1) is 19.3. The van der Waals surface area contributed by atoms with E-state index in [4.69, 9.17) is 17.3 Å². The molecule has 0 radical (unpaired) electrons. The van der Waals surface area contributed by atoms with Crippen LogP contribution in [0.5, 0.6) is 0 Å². The molecular formula is C23H18ClN5O2. The summed E-state index contributed by atoms with van der Waals surface area (Å²) in [6.45, 7) is 0. The third-order valence-corrected chi connectivity index (χ3v) is 6.05. The number of nitrogens with one attached hydrogen (secondary N) is 2. The number of H-pyrrole nitrogens is 1. The minimum Gasteiger partial charge on any atom is -0.383 e. The van der Waals surface area contributed by atoms with Gasteiger partial charge in [-0.2, -0.15) is 0 Å². The average Bonchev–Trinajstić information content (AvgIpc) is 3.48. The molecule has 0 spiro atoms. The number of fused-ring (bicyclic) bond motifs is 1. The van der Waals surface area contributed by atoms with Gasteiger partial charge in [-0.05, 0) is 36.6 Å². The minimum absolute atomic E-state index is 0.0934. The van der Waals surface area contributed by atoms with Crippen LogP contribution in [0.4, 0.5) is 11.5 Å². The summed E-state index contributed by atoms with van der Waals surface area (Å²) in [5.74, 6) is -0.226. The zero-order valence-electron chi connectivity index (χ0n) is 16.4. The molecule has 2 heterocycles. The molecule has 5 rings (SSSR count). The summed E-state index contributed by atoms with van der Waals surface area (Å²) in [6, 6.07) is 14.6. The average molecular weight is 432 g/mol. The number of amides is 1. The maximum Gasteiger partial charge on any atom is 0.235 e. The molecule has 4 aromatic rings. The molecule has 0 atom stereocenters. The number of nitrogen functional groups attached to an aromatic ring is 1. The Morgan fingerprint density at radius 1 is 1.06 bits per heavy atom. The molecule has 31 heavy (non-hydrogen) atoms. The van der Waals surface area contributed by atoms with Gasteiger partial charge >= 0.3 is 0 Å². The lowest BCUT2D eigenvalue weighted by atomic mass is 9.95. The van der Waals surface area contributed by atoms with Gasteiger partial charge in [0.05, 0.1) is 21.4 Å². The molecule has 4 N–H and O–H groups in total. The Morgan fingerprint density at radius 2 is 1.84 bits per heavy atom. The highest BCUT2D eigenvalue weighted by atomic mass is 35.5. The number of carbonyl (C=O) groups is 2. The number of rotatable bonds is 5. The van der Waals surface area contributed by atoms with Crippen molar-refractivity contribution in [1.82, 2.24) is 15.0 Å². The van der Waals surface area contributed by atoms with Crippen molar-refractivity contribution < 1.29 is 9.59 Å². The summed E-state index contributed by atoms with van der Waals surface area (Å²) in [7, 11) is 0. The molecule has 0 saturated heterocycles. The van der Waals surface area contributed by atoms with Gasteiger partial charge in [-0.25, -0.2) is 9.97 Å². The molecule has 2 aromatic heterocycles. The van der Waals surface area contributed by atoms with Gasteiger partial charge in [0.25, 0.3) is 0 Å². The number of ketones is 1. The van der Waals surface area contributed by atoms with Gasteiger partial charge in [0, 0.05) is 17.4 Å². The zero-order valence-corrected chi connectivity index (χ0v) is 17.1. The quantitative estimate of drug-likeness (QED) is 0.412. The predicted molar refractivity (Wildman–Crippen MR) is 119 cm³/mol. The van der Waals surface area contributed by atoms with E-state index in [9.17, 15) is 9.59 Å². The van der Waals surface area contributed by atoms with Crippen LogP contribution in [-0.2, 0) is 10.2 Å². The van der Waals surface area contributed by atoms with Crippen molar-refractivity contribution in [2.45, 2.75) is 18.3 Å². The van der Waals surface area contributed by atoms with Crippen LogP contribution in [0.1, 0.15) is 34.3 Å². The molecule has 1 amide bonds. The SMILES string of the molecule is Nc1ncnc2[nH]cc(C(=O)c3cc(NC(=O)C4(c5ccccc5)CC4)ccc3Cl)c12. The van der Waals surface area contributed by atoms with Gasteiger partial charge in [-0.3, -0.25) is 9.59 Å². The minimum atomic E-state index is -0.520.